The monoisotopic (exact) mass is 460 g/mol. The van der Waals surface area contributed by atoms with Crippen LogP contribution in [0, 0.1) is 33.8 Å². The third kappa shape index (κ3) is 3.77. The number of allylic oxidation sites excluding steroid dienone is 2. The number of nitro benzene ring substituents is 1. The number of fused-ring (bicyclic) bond motifs is 5. The Labute approximate surface area is 198 Å². The summed E-state index contributed by atoms with van der Waals surface area (Å²) in [6.45, 7) is 1.81. The highest BCUT2D eigenvalue weighted by Crippen LogP contribution is 2.53. The minimum atomic E-state index is -0.427. The van der Waals surface area contributed by atoms with Gasteiger partial charge in [0.1, 0.15) is 5.69 Å². The van der Waals surface area contributed by atoms with E-state index in [2.05, 4.69) is 0 Å². The molecule has 2 fully saturated rings. The van der Waals surface area contributed by atoms with Gasteiger partial charge in [0.2, 0.25) is 11.8 Å². The Hall–Kier alpha value is -3.52. The van der Waals surface area contributed by atoms with Gasteiger partial charge in [-0.05, 0) is 50.0 Å². The zero-order valence-electron chi connectivity index (χ0n) is 19.3. The Kier molecular flexibility index (Phi) is 5.69. The average molecular weight is 461 g/mol. The molecule has 176 valence electrons. The maximum absolute atomic E-state index is 13.2. The summed E-state index contributed by atoms with van der Waals surface area (Å²) in [5.41, 5.74) is 1.69. The van der Waals surface area contributed by atoms with E-state index in [1.54, 1.807) is 12.1 Å². The van der Waals surface area contributed by atoms with Crippen LogP contribution < -0.4 is 9.80 Å². The Morgan fingerprint density at radius 2 is 1.62 bits per heavy atom. The molecule has 1 saturated heterocycles. The van der Waals surface area contributed by atoms with Crippen molar-refractivity contribution in [1.29, 1.82) is 0 Å². The number of rotatable bonds is 8. The van der Waals surface area contributed by atoms with Crippen molar-refractivity contribution in [3.8, 4) is 0 Å². The van der Waals surface area contributed by atoms with Gasteiger partial charge in [0.05, 0.1) is 22.4 Å². The summed E-state index contributed by atoms with van der Waals surface area (Å²) in [5.74, 6) is -0.951. The Bertz CT molecular complexity index is 1130. The molecule has 0 unspecified atom stereocenters. The summed E-state index contributed by atoms with van der Waals surface area (Å²) in [6.07, 6.45) is 4.93. The molecule has 1 saturated carbocycles. The second kappa shape index (κ2) is 8.68. The number of hydrogen-bond donors (Lipinski definition) is 0. The standard InChI is InChI=1S/C26H28N4O4/c1-27(2)12-13-28(16-17-6-4-3-5-7-17)21-11-10-20(15-22(21)30(33)34)29-25(31)23-18-8-9-19(14-18)24(23)26(29)32/h3-11,15,18-19,23-24H,12-14,16H2,1-2H3/t18-,19-,23-,24-/m0/s1. The van der Waals surface area contributed by atoms with Gasteiger partial charge >= 0.3 is 0 Å². The molecule has 0 N–H and O–H groups in total. The molecular weight excluding hydrogens is 432 g/mol. The van der Waals surface area contributed by atoms with E-state index >= 15 is 0 Å². The topological polar surface area (TPSA) is 87.0 Å². The van der Waals surface area contributed by atoms with E-state index in [1.165, 1.54) is 11.0 Å². The first-order valence-electron chi connectivity index (χ1n) is 11.6. The van der Waals surface area contributed by atoms with Crippen LogP contribution in [0.1, 0.15) is 12.0 Å². The van der Waals surface area contributed by atoms with Gasteiger partial charge < -0.3 is 9.80 Å². The zero-order chi connectivity index (χ0) is 24.0. The van der Waals surface area contributed by atoms with Crippen LogP contribution in [-0.4, -0.2) is 48.8 Å². The third-order valence-electron chi connectivity index (χ3n) is 7.26. The van der Waals surface area contributed by atoms with Gasteiger partial charge in [-0.1, -0.05) is 42.5 Å². The SMILES string of the molecule is CN(C)CCN(Cc1ccccc1)c1ccc(N2C(=O)[C@@H]3[C@@H](C2=O)[C@H]2C=C[C@H]3C2)cc1[N+](=O)[O-]. The number of carbonyl (C=O) groups is 2. The van der Waals surface area contributed by atoms with Crippen LogP contribution in [0.15, 0.2) is 60.7 Å². The largest absolute Gasteiger partial charge is 0.360 e. The summed E-state index contributed by atoms with van der Waals surface area (Å²) < 4.78 is 0. The van der Waals surface area contributed by atoms with Gasteiger partial charge in [-0.15, -0.1) is 0 Å². The summed E-state index contributed by atoms with van der Waals surface area (Å²) >= 11 is 0. The molecule has 2 aliphatic carbocycles. The fourth-order valence-electron chi connectivity index (χ4n) is 5.63. The lowest BCUT2D eigenvalue weighted by Crippen LogP contribution is -2.33. The van der Waals surface area contributed by atoms with Crippen molar-refractivity contribution in [3.63, 3.8) is 0 Å². The molecule has 3 aliphatic rings. The number of benzene rings is 2. The summed E-state index contributed by atoms with van der Waals surface area (Å²) in [4.78, 5) is 43.3. The van der Waals surface area contributed by atoms with Crippen LogP contribution in [0.4, 0.5) is 17.1 Å². The van der Waals surface area contributed by atoms with E-state index < -0.39 is 4.92 Å². The Morgan fingerprint density at radius 1 is 0.971 bits per heavy atom. The summed E-state index contributed by atoms with van der Waals surface area (Å²) in [7, 11) is 3.92. The van der Waals surface area contributed by atoms with Gasteiger partial charge in [0, 0.05) is 25.7 Å². The number of likely N-dealkylation sites (N-methyl/N-ethyl adjacent to an activating group) is 1. The minimum absolute atomic E-state index is 0.0955. The van der Waals surface area contributed by atoms with Gasteiger partial charge in [-0.25, -0.2) is 4.90 Å². The average Bonchev–Trinajstić information content (AvgIpc) is 3.50. The van der Waals surface area contributed by atoms with Crippen molar-refractivity contribution in [1.82, 2.24) is 4.90 Å². The molecule has 2 aromatic carbocycles. The first kappa shape index (κ1) is 22.3. The van der Waals surface area contributed by atoms with E-state index in [9.17, 15) is 19.7 Å². The summed E-state index contributed by atoms with van der Waals surface area (Å²) in [6, 6.07) is 14.5. The van der Waals surface area contributed by atoms with Crippen LogP contribution in [0.25, 0.3) is 0 Å². The van der Waals surface area contributed by atoms with Crippen molar-refractivity contribution in [2.24, 2.45) is 23.7 Å². The van der Waals surface area contributed by atoms with E-state index in [1.807, 2.05) is 66.4 Å². The predicted molar refractivity (Wildman–Crippen MR) is 129 cm³/mol. The van der Waals surface area contributed by atoms with Crippen molar-refractivity contribution < 1.29 is 14.5 Å². The molecule has 0 spiro atoms. The van der Waals surface area contributed by atoms with Crippen molar-refractivity contribution in [2.45, 2.75) is 13.0 Å². The first-order chi connectivity index (χ1) is 16.3. The molecule has 8 heteroatoms. The molecule has 4 atom stereocenters. The molecule has 1 heterocycles. The lowest BCUT2D eigenvalue weighted by molar-refractivity contribution is -0.384. The van der Waals surface area contributed by atoms with Gasteiger partial charge in [0.25, 0.3) is 5.69 Å². The van der Waals surface area contributed by atoms with Gasteiger partial charge in [-0.3, -0.25) is 19.7 Å². The molecule has 5 rings (SSSR count). The molecular formula is C26H28N4O4. The van der Waals surface area contributed by atoms with E-state index in [-0.39, 0.29) is 46.9 Å². The third-order valence-corrected chi connectivity index (χ3v) is 7.26. The molecule has 34 heavy (non-hydrogen) atoms. The van der Waals surface area contributed by atoms with Crippen LogP contribution >= 0.6 is 0 Å². The number of carbonyl (C=O) groups excluding carboxylic acids is 2. The second-order valence-corrected chi connectivity index (χ2v) is 9.65. The number of hydrogen-bond acceptors (Lipinski definition) is 6. The Balaban J connectivity index is 1.48. The highest BCUT2D eigenvalue weighted by Gasteiger charge is 2.59. The predicted octanol–water partition coefficient (Wildman–Crippen LogP) is 3.47. The molecule has 2 bridgehead atoms. The number of nitro groups is 1. The molecule has 0 radical (unpaired) electrons. The van der Waals surface area contributed by atoms with E-state index in [0.29, 0.717) is 25.3 Å². The smallest absolute Gasteiger partial charge is 0.294 e. The molecule has 8 nitrogen and oxygen atoms in total. The van der Waals surface area contributed by atoms with Crippen LogP contribution in [0.5, 0.6) is 0 Å². The fourth-order valence-corrected chi connectivity index (χ4v) is 5.63. The first-order valence-corrected chi connectivity index (χ1v) is 11.6. The number of anilines is 2. The highest BCUT2D eigenvalue weighted by atomic mass is 16.6. The lowest BCUT2D eigenvalue weighted by atomic mass is 9.85. The van der Waals surface area contributed by atoms with Crippen molar-refractivity contribution >= 4 is 28.9 Å². The normalized spacial score (nSPS) is 24.9. The maximum Gasteiger partial charge on any atom is 0.294 e. The van der Waals surface area contributed by atoms with Crippen LogP contribution in [0.2, 0.25) is 0 Å². The van der Waals surface area contributed by atoms with E-state index in [0.717, 1.165) is 12.0 Å². The highest BCUT2D eigenvalue weighted by molar-refractivity contribution is 6.23. The zero-order valence-corrected chi connectivity index (χ0v) is 19.3. The molecule has 2 amide bonds. The second-order valence-electron chi connectivity index (χ2n) is 9.65. The number of nitrogens with zero attached hydrogens (tertiary/aromatic N) is 4. The Morgan fingerprint density at radius 3 is 2.21 bits per heavy atom. The van der Waals surface area contributed by atoms with E-state index in [4.69, 9.17) is 0 Å². The molecule has 1 aliphatic heterocycles. The van der Waals surface area contributed by atoms with Crippen LogP contribution in [0.3, 0.4) is 0 Å². The fraction of sp³-hybridized carbons (Fsp3) is 0.385. The molecule has 2 aromatic rings. The molecule has 0 aromatic heterocycles. The number of amides is 2. The summed E-state index contributed by atoms with van der Waals surface area (Å²) in [5, 5.41) is 12.1. The van der Waals surface area contributed by atoms with Gasteiger partial charge in [-0.2, -0.15) is 0 Å². The quantitative estimate of drug-likeness (QED) is 0.259. The maximum atomic E-state index is 13.2. The lowest BCUT2D eigenvalue weighted by Gasteiger charge is -2.27. The van der Waals surface area contributed by atoms with Crippen molar-refractivity contribution in [3.05, 3.63) is 76.4 Å². The number of imide groups is 1. The van der Waals surface area contributed by atoms with Crippen molar-refractivity contribution in [2.75, 3.05) is 37.0 Å². The van der Waals surface area contributed by atoms with Crippen LogP contribution in [-0.2, 0) is 16.1 Å². The van der Waals surface area contributed by atoms with Gasteiger partial charge in [0.15, 0.2) is 0 Å². The minimum Gasteiger partial charge on any atom is -0.360 e.